The molecule has 3 amide bonds. The van der Waals surface area contributed by atoms with Gasteiger partial charge in [-0.15, -0.1) is 5.10 Å². The lowest BCUT2D eigenvalue weighted by molar-refractivity contribution is -0.138. The van der Waals surface area contributed by atoms with E-state index in [4.69, 9.17) is 5.73 Å². The maximum Gasteiger partial charge on any atom is 0.417 e. The molecule has 0 radical (unpaired) electrons. The third kappa shape index (κ3) is 5.16. The molecular formula is C23H27F3N6O3. The summed E-state index contributed by atoms with van der Waals surface area (Å²) in [5.74, 6) is -1.09. The summed E-state index contributed by atoms with van der Waals surface area (Å²) in [6, 6.07) is 4.81. The zero-order chi connectivity index (χ0) is 25.4. The molecule has 12 heteroatoms. The Hall–Kier alpha value is -3.41. The molecule has 0 bridgehead atoms. The number of nitrogens with two attached hydrogens (primary N) is 1. The van der Waals surface area contributed by atoms with E-state index in [9.17, 15) is 27.6 Å². The van der Waals surface area contributed by atoms with Gasteiger partial charge in [0.25, 0.3) is 0 Å². The van der Waals surface area contributed by atoms with Crippen LogP contribution in [0.15, 0.2) is 30.5 Å². The molecule has 1 aromatic carbocycles. The molecular weight excluding hydrogens is 465 g/mol. The molecule has 2 saturated heterocycles. The van der Waals surface area contributed by atoms with Gasteiger partial charge in [-0.05, 0) is 49.9 Å². The molecule has 2 fully saturated rings. The minimum absolute atomic E-state index is 0.169. The fourth-order valence-corrected chi connectivity index (χ4v) is 5.11. The number of likely N-dealkylation sites (tertiary alicyclic amines) is 2. The van der Waals surface area contributed by atoms with E-state index in [1.165, 1.54) is 29.9 Å². The summed E-state index contributed by atoms with van der Waals surface area (Å²) in [6.07, 6.45) is 0.127. The van der Waals surface area contributed by atoms with Crippen LogP contribution >= 0.6 is 0 Å². The van der Waals surface area contributed by atoms with Crippen LogP contribution in [0.3, 0.4) is 0 Å². The van der Waals surface area contributed by atoms with Crippen molar-refractivity contribution in [3.8, 4) is 0 Å². The predicted molar refractivity (Wildman–Crippen MR) is 120 cm³/mol. The summed E-state index contributed by atoms with van der Waals surface area (Å²) in [5, 5.41) is 6.63. The summed E-state index contributed by atoms with van der Waals surface area (Å²) in [6.45, 7) is 3.54. The van der Waals surface area contributed by atoms with Crippen LogP contribution in [-0.4, -0.2) is 62.6 Å². The first kappa shape index (κ1) is 24.7. The zero-order valence-corrected chi connectivity index (χ0v) is 19.3. The van der Waals surface area contributed by atoms with Crippen molar-refractivity contribution in [1.29, 1.82) is 0 Å². The first-order valence-electron chi connectivity index (χ1n) is 11.4. The molecule has 4 rings (SSSR count). The standard InChI is InChI=1S/C23H27F3N6O3/c1-15(33)28-19-5-10-32(29-19)21(35)30-11-7-22(8-12-30)6-2-9-31(22)14-16-3-4-18(23(24,25)26)17(13-16)20(27)34/h3-5,10,13H,2,6-9,11-12,14H2,1H3,(H2,27,34)(H,28,29,33). The van der Waals surface area contributed by atoms with Crippen molar-refractivity contribution >= 4 is 23.7 Å². The van der Waals surface area contributed by atoms with Crippen LogP contribution < -0.4 is 11.1 Å². The molecule has 3 heterocycles. The monoisotopic (exact) mass is 492 g/mol. The molecule has 1 aromatic heterocycles. The first-order valence-corrected chi connectivity index (χ1v) is 11.4. The second-order valence-electron chi connectivity index (χ2n) is 9.09. The number of hydrogen-bond acceptors (Lipinski definition) is 5. The van der Waals surface area contributed by atoms with Crippen LogP contribution in [0.25, 0.3) is 0 Å². The Morgan fingerprint density at radius 1 is 1.11 bits per heavy atom. The van der Waals surface area contributed by atoms with Crippen molar-refractivity contribution < 1.29 is 27.6 Å². The molecule has 0 unspecified atom stereocenters. The number of halogens is 3. The largest absolute Gasteiger partial charge is 0.417 e. The molecule has 0 atom stereocenters. The average Bonchev–Trinajstić information content (AvgIpc) is 3.40. The molecule has 3 N–H and O–H groups in total. The quantitative estimate of drug-likeness (QED) is 0.681. The Morgan fingerprint density at radius 2 is 1.83 bits per heavy atom. The van der Waals surface area contributed by atoms with Gasteiger partial charge in [0.1, 0.15) is 0 Å². The first-order chi connectivity index (χ1) is 16.5. The second kappa shape index (κ2) is 9.33. The Morgan fingerprint density at radius 3 is 2.46 bits per heavy atom. The summed E-state index contributed by atoms with van der Waals surface area (Å²) in [4.78, 5) is 39.6. The number of nitrogens with zero attached hydrogens (tertiary/aromatic N) is 4. The fraction of sp³-hybridized carbons (Fsp3) is 0.478. The van der Waals surface area contributed by atoms with Gasteiger partial charge < -0.3 is 16.0 Å². The zero-order valence-electron chi connectivity index (χ0n) is 19.3. The molecule has 9 nitrogen and oxygen atoms in total. The Bertz CT molecular complexity index is 1140. The molecule has 35 heavy (non-hydrogen) atoms. The van der Waals surface area contributed by atoms with Crippen LogP contribution in [0, 0.1) is 0 Å². The van der Waals surface area contributed by atoms with Crippen molar-refractivity contribution in [2.24, 2.45) is 5.73 Å². The highest BCUT2D eigenvalue weighted by Gasteiger charge is 2.44. The molecule has 2 aromatic rings. The number of aromatic nitrogens is 2. The molecule has 0 aliphatic carbocycles. The van der Waals surface area contributed by atoms with E-state index in [1.54, 1.807) is 11.0 Å². The van der Waals surface area contributed by atoms with Gasteiger partial charge in [-0.2, -0.15) is 17.9 Å². The van der Waals surface area contributed by atoms with Crippen molar-refractivity contribution in [2.45, 2.75) is 50.9 Å². The van der Waals surface area contributed by atoms with Gasteiger partial charge in [0.2, 0.25) is 11.8 Å². The Labute approximate surface area is 200 Å². The number of alkyl halides is 3. The van der Waals surface area contributed by atoms with Crippen LogP contribution in [0.2, 0.25) is 0 Å². The van der Waals surface area contributed by atoms with E-state index in [-0.39, 0.29) is 17.5 Å². The highest BCUT2D eigenvalue weighted by atomic mass is 19.4. The van der Waals surface area contributed by atoms with Gasteiger partial charge in [0.05, 0.1) is 11.1 Å². The number of rotatable bonds is 4. The summed E-state index contributed by atoms with van der Waals surface area (Å²) >= 11 is 0. The number of amides is 3. The number of benzene rings is 1. The molecule has 2 aliphatic rings. The maximum atomic E-state index is 13.2. The number of carbonyl (C=O) groups excluding carboxylic acids is 3. The van der Waals surface area contributed by atoms with E-state index in [0.717, 1.165) is 25.5 Å². The molecule has 188 valence electrons. The predicted octanol–water partition coefficient (Wildman–Crippen LogP) is 3.06. The van der Waals surface area contributed by atoms with Crippen LogP contribution in [-0.2, 0) is 17.5 Å². The van der Waals surface area contributed by atoms with Crippen LogP contribution in [0.5, 0.6) is 0 Å². The lowest BCUT2D eigenvalue weighted by Gasteiger charge is -2.45. The summed E-state index contributed by atoms with van der Waals surface area (Å²) in [7, 11) is 0. The summed E-state index contributed by atoms with van der Waals surface area (Å²) in [5.41, 5.74) is 4.09. The van der Waals surface area contributed by atoms with E-state index in [1.807, 2.05) is 0 Å². The average molecular weight is 493 g/mol. The number of hydrogen-bond donors (Lipinski definition) is 2. The fourth-order valence-electron chi connectivity index (χ4n) is 5.11. The number of carbonyl (C=O) groups is 3. The van der Waals surface area contributed by atoms with E-state index in [2.05, 4.69) is 15.3 Å². The topological polar surface area (TPSA) is 114 Å². The third-order valence-corrected chi connectivity index (χ3v) is 6.82. The summed E-state index contributed by atoms with van der Waals surface area (Å²) < 4.78 is 40.9. The van der Waals surface area contributed by atoms with Gasteiger partial charge in [-0.3, -0.25) is 14.5 Å². The van der Waals surface area contributed by atoms with E-state index in [0.29, 0.717) is 43.9 Å². The van der Waals surface area contributed by atoms with Gasteiger partial charge in [0, 0.05) is 44.4 Å². The lowest BCUT2D eigenvalue weighted by Crippen LogP contribution is -2.53. The third-order valence-electron chi connectivity index (χ3n) is 6.82. The van der Waals surface area contributed by atoms with Crippen molar-refractivity contribution in [2.75, 3.05) is 25.0 Å². The number of anilines is 1. The van der Waals surface area contributed by atoms with Gasteiger partial charge in [-0.1, -0.05) is 6.07 Å². The number of piperidine rings is 1. The highest BCUT2D eigenvalue weighted by Crippen LogP contribution is 2.40. The van der Waals surface area contributed by atoms with Crippen LogP contribution in [0.1, 0.15) is 54.1 Å². The maximum absolute atomic E-state index is 13.2. The Balaban J connectivity index is 1.44. The number of nitrogens with one attached hydrogen (secondary N) is 1. The number of primary amides is 1. The van der Waals surface area contributed by atoms with E-state index < -0.39 is 23.2 Å². The molecule has 2 aliphatic heterocycles. The minimum Gasteiger partial charge on any atom is -0.366 e. The highest BCUT2D eigenvalue weighted by molar-refractivity contribution is 5.94. The van der Waals surface area contributed by atoms with Crippen molar-refractivity contribution in [3.63, 3.8) is 0 Å². The SMILES string of the molecule is CC(=O)Nc1ccn(C(=O)N2CCC3(CCCN3Cc3ccc(C(F)(F)F)c(C(N)=O)c3)CC2)n1. The smallest absolute Gasteiger partial charge is 0.366 e. The van der Waals surface area contributed by atoms with Crippen molar-refractivity contribution in [1.82, 2.24) is 19.6 Å². The molecule has 0 saturated carbocycles. The Kier molecular flexibility index (Phi) is 6.58. The van der Waals surface area contributed by atoms with Crippen LogP contribution in [0.4, 0.5) is 23.8 Å². The molecule has 1 spiro atoms. The normalized spacial score (nSPS) is 18.1. The van der Waals surface area contributed by atoms with Gasteiger partial charge in [-0.25, -0.2) is 4.79 Å². The van der Waals surface area contributed by atoms with Gasteiger partial charge >= 0.3 is 12.2 Å². The van der Waals surface area contributed by atoms with E-state index >= 15 is 0 Å². The van der Waals surface area contributed by atoms with Crippen molar-refractivity contribution in [3.05, 3.63) is 47.2 Å². The second-order valence-corrected chi connectivity index (χ2v) is 9.09. The lowest BCUT2D eigenvalue weighted by atomic mass is 9.84. The van der Waals surface area contributed by atoms with Gasteiger partial charge in [0.15, 0.2) is 5.82 Å². The minimum atomic E-state index is -4.66.